The van der Waals surface area contributed by atoms with Crippen molar-refractivity contribution in [2.45, 2.75) is 25.9 Å². The Balaban J connectivity index is 1.99. The summed E-state index contributed by atoms with van der Waals surface area (Å²) in [5, 5.41) is 14.3. The van der Waals surface area contributed by atoms with E-state index in [1.54, 1.807) is 18.4 Å². The lowest BCUT2D eigenvalue weighted by Gasteiger charge is -2.17. The Bertz CT molecular complexity index is 583. The number of ether oxygens (including phenoxy) is 1. The third-order valence-electron chi connectivity index (χ3n) is 3.23. The lowest BCUT2D eigenvalue weighted by Crippen LogP contribution is -2.19. The Kier molecular flexibility index (Phi) is 5.16. The summed E-state index contributed by atoms with van der Waals surface area (Å²) in [7, 11) is 1.67. The molecule has 0 bridgehead atoms. The van der Waals surface area contributed by atoms with Crippen molar-refractivity contribution in [2.75, 3.05) is 7.11 Å². The zero-order valence-electron chi connectivity index (χ0n) is 11.7. The van der Waals surface area contributed by atoms with Crippen LogP contribution in [0, 0.1) is 11.3 Å². The molecule has 1 atom stereocenters. The maximum Gasteiger partial charge on any atom is 0.118 e. The molecule has 1 N–H and O–H groups in total. The second-order valence-electron chi connectivity index (χ2n) is 4.53. The van der Waals surface area contributed by atoms with Gasteiger partial charge in [0.05, 0.1) is 12.7 Å². The van der Waals surface area contributed by atoms with Gasteiger partial charge in [0.15, 0.2) is 0 Å². The molecule has 0 fully saturated rings. The van der Waals surface area contributed by atoms with E-state index in [0.717, 1.165) is 24.3 Å². The van der Waals surface area contributed by atoms with Crippen molar-refractivity contribution < 1.29 is 4.74 Å². The van der Waals surface area contributed by atoms with Gasteiger partial charge in [-0.2, -0.15) is 5.26 Å². The molecule has 1 aromatic heterocycles. The van der Waals surface area contributed by atoms with Crippen molar-refractivity contribution in [1.29, 1.82) is 5.26 Å². The molecule has 1 unspecified atom stereocenters. The van der Waals surface area contributed by atoms with Gasteiger partial charge in [0.2, 0.25) is 0 Å². The van der Waals surface area contributed by atoms with Gasteiger partial charge in [-0.15, -0.1) is 11.3 Å². The van der Waals surface area contributed by atoms with Crippen LogP contribution in [0.4, 0.5) is 0 Å². The van der Waals surface area contributed by atoms with Crippen LogP contribution in [0.15, 0.2) is 35.7 Å². The molecular weight excluding hydrogens is 268 g/mol. The molecule has 1 aromatic carbocycles. The molecule has 4 heteroatoms. The van der Waals surface area contributed by atoms with Crippen LogP contribution in [0.3, 0.4) is 0 Å². The molecule has 0 amide bonds. The van der Waals surface area contributed by atoms with E-state index in [1.807, 2.05) is 23.6 Å². The molecule has 0 spiro atoms. The summed E-state index contributed by atoms with van der Waals surface area (Å²) in [5.41, 5.74) is 2.00. The Morgan fingerprint density at radius 3 is 2.65 bits per heavy atom. The Labute approximate surface area is 123 Å². The van der Waals surface area contributed by atoms with Crippen LogP contribution < -0.4 is 10.1 Å². The van der Waals surface area contributed by atoms with E-state index in [1.165, 1.54) is 10.4 Å². The topological polar surface area (TPSA) is 45.0 Å². The summed E-state index contributed by atoms with van der Waals surface area (Å²) >= 11 is 1.62. The highest BCUT2D eigenvalue weighted by atomic mass is 32.1. The Hall–Kier alpha value is -1.83. The average molecular weight is 286 g/mol. The number of nitrogens with one attached hydrogen (secondary N) is 1. The SMILES string of the molecule is CCC(NCc1cc(C#N)cs1)c1ccc(OC)cc1. The van der Waals surface area contributed by atoms with E-state index in [4.69, 9.17) is 10.00 Å². The molecule has 104 valence electrons. The van der Waals surface area contributed by atoms with Gasteiger partial charge >= 0.3 is 0 Å². The van der Waals surface area contributed by atoms with Crippen molar-refractivity contribution in [3.8, 4) is 11.8 Å². The number of nitriles is 1. The lowest BCUT2D eigenvalue weighted by molar-refractivity contribution is 0.414. The highest BCUT2D eigenvalue weighted by Crippen LogP contribution is 2.21. The fourth-order valence-corrected chi connectivity index (χ4v) is 2.85. The number of rotatable bonds is 6. The van der Waals surface area contributed by atoms with Crippen LogP contribution >= 0.6 is 11.3 Å². The van der Waals surface area contributed by atoms with E-state index in [-0.39, 0.29) is 0 Å². The van der Waals surface area contributed by atoms with E-state index in [2.05, 4.69) is 30.4 Å². The van der Waals surface area contributed by atoms with Crippen molar-refractivity contribution >= 4 is 11.3 Å². The van der Waals surface area contributed by atoms with Crippen LogP contribution in [0.25, 0.3) is 0 Å². The second-order valence-corrected chi connectivity index (χ2v) is 5.52. The number of benzene rings is 1. The molecule has 0 saturated heterocycles. The summed E-state index contributed by atoms with van der Waals surface area (Å²) < 4.78 is 5.18. The van der Waals surface area contributed by atoms with Crippen LogP contribution in [0.5, 0.6) is 5.75 Å². The Morgan fingerprint density at radius 1 is 1.35 bits per heavy atom. The zero-order valence-corrected chi connectivity index (χ0v) is 12.5. The van der Waals surface area contributed by atoms with Crippen molar-refractivity contribution in [3.05, 3.63) is 51.7 Å². The van der Waals surface area contributed by atoms with Gasteiger partial charge in [-0.05, 0) is 30.2 Å². The number of nitrogens with zero attached hydrogens (tertiary/aromatic N) is 1. The predicted molar refractivity (Wildman–Crippen MR) is 81.9 cm³/mol. The monoisotopic (exact) mass is 286 g/mol. The standard InChI is InChI=1S/C16H18N2OS/c1-3-16(13-4-6-14(19-2)7-5-13)18-10-15-8-12(9-17)11-20-15/h4-8,11,16,18H,3,10H2,1-2H3. The minimum absolute atomic E-state index is 0.313. The highest BCUT2D eigenvalue weighted by Gasteiger charge is 2.09. The van der Waals surface area contributed by atoms with Gasteiger partial charge < -0.3 is 10.1 Å². The van der Waals surface area contributed by atoms with Gasteiger partial charge in [-0.1, -0.05) is 19.1 Å². The van der Waals surface area contributed by atoms with Crippen molar-refractivity contribution in [1.82, 2.24) is 5.32 Å². The van der Waals surface area contributed by atoms with Crippen molar-refractivity contribution in [3.63, 3.8) is 0 Å². The molecule has 0 saturated carbocycles. The summed E-state index contributed by atoms with van der Waals surface area (Å²) in [4.78, 5) is 1.19. The first kappa shape index (κ1) is 14.6. The largest absolute Gasteiger partial charge is 0.497 e. The van der Waals surface area contributed by atoms with Crippen LogP contribution in [-0.2, 0) is 6.54 Å². The van der Waals surface area contributed by atoms with Crippen LogP contribution in [-0.4, -0.2) is 7.11 Å². The van der Waals surface area contributed by atoms with Gasteiger partial charge in [-0.25, -0.2) is 0 Å². The first-order valence-corrected chi connectivity index (χ1v) is 7.49. The fraction of sp³-hybridized carbons (Fsp3) is 0.312. The zero-order chi connectivity index (χ0) is 14.4. The molecule has 2 aromatic rings. The van der Waals surface area contributed by atoms with E-state index >= 15 is 0 Å². The van der Waals surface area contributed by atoms with Gasteiger partial charge in [0.1, 0.15) is 11.8 Å². The van der Waals surface area contributed by atoms with Gasteiger partial charge in [0.25, 0.3) is 0 Å². The molecule has 0 aliphatic carbocycles. The molecule has 20 heavy (non-hydrogen) atoms. The maximum absolute atomic E-state index is 8.83. The number of thiophene rings is 1. The van der Waals surface area contributed by atoms with E-state index in [0.29, 0.717) is 6.04 Å². The number of hydrogen-bond acceptors (Lipinski definition) is 4. The maximum atomic E-state index is 8.83. The van der Waals surface area contributed by atoms with Crippen LogP contribution in [0.2, 0.25) is 0 Å². The van der Waals surface area contributed by atoms with Crippen LogP contribution in [0.1, 0.15) is 35.4 Å². The normalized spacial score (nSPS) is 11.8. The highest BCUT2D eigenvalue weighted by molar-refractivity contribution is 7.10. The quantitative estimate of drug-likeness (QED) is 0.876. The minimum atomic E-state index is 0.313. The molecular formula is C16H18N2OS. The molecule has 1 heterocycles. The third kappa shape index (κ3) is 3.60. The fourth-order valence-electron chi connectivity index (χ4n) is 2.09. The van der Waals surface area contributed by atoms with Gasteiger partial charge in [-0.3, -0.25) is 0 Å². The lowest BCUT2D eigenvalue weighted by atomic mass is 10.0. The molecule has 0 aliphatic heterocycles. The second kappa shape index (κ2) is 7.09. The smallest absolute Gasteiger partial charge is 0.118 e. The predicted octanol–water partition coefficient (Wildman–Crippen LogP) is 3.87. The average Bonchev–Trinajstić information content (AvgIpc) is 2.96. The third-order valence-corrected chi connectivity index (χ3v) is 4.17. The first-order valence-electron chi connectivity index (χ1n) is 6.61. The number of hydrogen-bond donors (Lipinski definition) is 1. The number of methoxy groups -OCH3 is 1. The Morgan fingerprint density at radius 2 is 2.10 bits per heavy atom. The minimum Gasteiger partial charge on any atom is -0.497 e. The summed E-state index contributed by atoms with van der Waals surface area (Å²) in [5.74, 6) is 0.875. The summed E-state index contributed by atoms with van der Waals surface area (Å²) in [6.45, 7) is 2.95. The molecule has 0 aliphatic rings. The van der Waals surface area contributed by atoms with E-state index in [9.17, 15) is 0 Å². The van der Waals surface area contributed by atoms with Crippen molar-refractivity contribution in [2.24, 2.45) is 0 Å². The van der Waals surface area contributed by atoms with E-state index < -0.39 is 0 Å². The van der Waals surface area contributed by atoms with Gasteiger partial charge in [0, 0.05) is 22.8 Å². The molecule has 0 radical (unpaired) electrons. The summed E-state index contributed by atoms with van der Waals surface area (Å²) in [6, 6.07) is 12.6. The summed E-state index contributed by atoms with van der Waals surface area (Å²) in [6.07, 6.45) is 1.02. The molecule has 2 rings (SSSR count). The first-order chi connectivity index (χ1) is 9.76. The molecule has 3 nitrogen and oxygen atoms in total.